The summed E-state index contributed by atoms with van der Waals surface area (Å²) >= 11 is 0. The van der Waals surface area contributed by atoms with E-state index in [4.69, 9.17) is 9.15 Å². The van der Waals surface area contributed by atoms with Crippen LogP contribution in [0.15, 0.2) is 77.0 Å². The Kier molecular flexibility index (Phi) is 9.70. The van der Waals surface area contributed by atoms with Crippen molar-refractivity contribution in [3.05, 3.63) is 89.8 Å². The largest absolute Gasteiger partial charge is 0.490 e. The van der Waals surface area contributed by atoms with E-state index < -0.39 is 11.4 Å². The molecule has 1 aromatic heterocycles. The summed E-state index contributed by atoms with van der Waals surface area (Å²) in [6, 6.07) is 5.00. The van der Waals surface area contributed by atoms with Crippen molar-refractivity contribution in [2.24, 2.45) is 0 Å². The third-order valence-corrected chi connectivity index (χ3v) is 4.39. The second-order valence-electron chi connectivity index (χ2n) is 6.69. The Balaban J connectivity index is 2.00. The zero-order valence-corrected chi connectivity index (χ0v) is 16.9. The fourth-order valence-corrected chi connectivity index (χ4v) is 2.87. The van der Waals surface area contributed by atoms with E-state index in [0.717, 1.165) is 32.1 Å². The second kappa shape index (κ2) is 12.6. The summed E-state index contributed by atoms with van der Waals surface area (Å²) in [5, 5.41) is 0.468. The number of allylic oxidation sites excluding steroid dienone is 5. The Morgan fingerprint density at radius 2 is 1.59 bits per heavy atom. The van der Waals surface area contributed by atoms with E-state index in [0.29, 0.717) is 30.6 Å². The first kappa shape index (κ1) is 22.4. The van der Waals surface area contributed by atoms with Gasteiger partial charge in [-0.15, -0.1) is 13.2 Å². The first-order valence-electron chi connectivity index (χ1n) is 10.1. The van der Waals surface area contributed by atoms with Gasteiger partial charge < -0.3 is 9.15 Å². The lowest BCUT2D eigenvalue weighted by Crippen LogP contribution is -2.06. The molecule has 1 aromatic carbocycles. The van der Waals surface area contributed by atoms with Crippen LogP contribution >= 0.6 is 0 Å². The lowest BCUT2D eigenvalue weighted by atomic mass is 10.1. The van der Waals surface area contributed by atoms with Crippen LogP contribution in [0.4, 0.5) is 4.39 Å². The van der Waals surface area contributed by atoms with Gasteiger partial charge in [0.25, 0.3) is 0 Å². The molecule has 3 nitrogen and oxygen atoms in total. The van der Waals surface area contributed by atoms with Gasteiger partial charge in [-0.2, -0.15) is 0 Å². The van der Waals surface area contributed by atoms with Crippen molar-refractivity contribution in [3.8, 4) is 5.75 Å². The predicted octanol–water partition coefficient (Wildman–Crippen LogP) is 6.68. The molecule has 2 rings (SSSR count). The van der Waals surface area contributed by atoms with Crippen LogP contribution in [0.1, 0.15) is 44.3 Å². The van der Waals surface area contributed by atoms with Crippen LogP contribution in [0, 0.1) is 5.82 Å². The molecule has 0 spiro atoms. The van der Waals surface area contributed by atoms with Crippen LogP contribution in [0.2, 0.25) is 0 Å². The second-order valence-corrected chi connectivity index (χ2v) is 6.69. The van der Waals surface area contributed by atoms with Gasteiger partial charge in [0.2, 0.25) is 0 Å². The molecule has 0 bridgehead atoms. The highest BCUT2D eigenvalue weighted by Crippen LogP contribution is 2.25. The third-order valence-electron chi connectivity index (χ3n) is 4.39. The van der Waals surface area contributed by atoms with Crippen molar-refractivity contribution >= 4 is 10.8 Å². The van der Waals surface area contributed by atoms with Crippen molar-refractivity contribution in [1.29, 1.82) is 0 Å². The summed E-state index contributed by atoms with van der Waals surface area (Å²) in [5.41, 5.74) is -0.666. The van der Waals surface area contributed by atoms with E-state index >= 15 is 0 Å². The molecule has 0 fully saturated rings. The third kappa shape index (κ3) is 7.22. The monoisotopic (exact) mass is 396 g/mol. The molecule has 0 saturated heterocycles. The van der Waals surface area contributed by atoms with Crippen molar-refractivity contribution < 1.29 is 13.5 Å². The van der Waals surface area contributed by atoms with Gasteiger partial charge in [-0.3, -0.25) is 0 Å². The number of hydrogen-bond donors (Lipinski definition) is 0. The number of halogens is 1. The Hall–Kier alpha value is -2.88. The summed E-state index contributed by atoms with van der Waals surface area (Å²) in [6.07, 6.45) is 17.7. The average Bonchev–Trinajstić information content (AvgIpc) is 2.71. The molecule has 1 heterocycles. The van der Waals surface area contributed by atoms with Gasteiger partial charge in [-0.05, 0) is 56.0 Å². The Morgan fingerprint density at radius 1 is 0.931 bits per heavy atom. The molecule has 0 aliphatic heterocycles. The molecule has 154 valence electrons. The Labute approximate surface area is 171 Å². The van der Waals surface area contributed by atoms with E-state index in [9.17, 15) is 9.18 Å². The molecule has 0 aliphatic carbocycles. The number of fused-ring (bicyclic) bond motifs is 1. The minimum Gasteiger partial charge on any atom is -0.490 e. The minimum atomic E-state index is -0.666. The van der Waals surface area contributed by atoms with Crippen LogP contribution in [0.25, 0.3) is 10.8 Å². The smallest absolute Gasteiger partial charge is 0.346 e. The molecule has 0 saturated carbocycles. The van der Waals surface area contributed by atoms with Gasteiger partial charge in [0, 0.05) is 6.42 Å². The van der Waals surface area contributed by atoms with E-state index in [2.05, 4.69) is 25.3 Å². The molecular weight excluding hydrogens is 367 g/mol. The highest BCUT2D eigenvalue weighted by atomic mass is 19.1. The van der Waals surface area contributed by atoms with Gasteiger partial charge >= 0.3 is 5.63 Å². The van der Waals surface area contributed by atoms with Crippen LogP contribution in [-0.4, -0.2) is 6.61 Å². The first-order valence-corrected chi connectivity index (χ1v) is 10.1. The predicted molar refractivity (Wildman–Crippen MR) is 118 cm³/mol. The van der Waals surface area contributed by atoms with Gasteiger partial charge in [-0.1, -0.05) is 42.5 Å². The molecule has 0 radical (unpaired) electrons. The summed E-state index contributed by atoms with van der Waals surface area (Å²) in [7, 11) is 0. The van der Waals surface area contributed by atoms with Crippen LogP contribution in [0.5, 0.6) is 5.75 Å². The summed E-state index contributed by atoms with van der Waals surface area (Å²) in [4.78, 5) is 12.3. The molecule has 4 heteroatoms. The molecule has 0 atom stereocenters. The molecule has 2 aromatic rings. The Bertz CT molecular complexity index is 922. The number of unbranched alkanes of at least 4 members (excludes halogenated alkanes) is 2. The highest BCUT2D eigenvalue weighted by molar-refractivity contribution is 5.83. The van der Waals surface area contributed by atoms with Gasteiger partial charge in [0.15, 0.2) is 11.6 Å². The van der Waals surface area contributed by atoms with Gasteiger partial charge in [0.05, 0.1) is 6.61 Å². The molecule has 0 N–H and O–H groups in total. The zero-order valence-electron chi connectivity index (χ0n) is 16.9. The summed E-state index contributed by atoms with van der Waals surface area (Å²) < 4.78 is 25.5. The first-order chi connectivity index (χ1) is 14.2. The molecule has 29 heavy (non-hydrogen) atoms. The summed E-state index contributed by atoms with van der Waals surface area (Å²) in [6.45, 7) is 7.70. The number of benzene rings is 1. The van der Waals surface area contributed by atoms with Crippen LogP contribution in [0.3, 0.4) is 0 Å². The molecule has 0 amide bonds. The van der Waals surface area contributed by atoms with Gasteiger partial charge in [-0.25, -0.2) is 9.18 Å². The van der Waals surface area contributed by atoms with Crippen molar-refractivity contribution in [3.63, 3.8) is 0 Å². The fraction of sp³-hybridized carbons (Fsp3) is 0.320. The number of aryl methyl sites for hydroxylation is 1. The SMILES string of the molecule is C=CCC/C=C/CCOc1ccc2cc(CC/C=C/CCC=C)oc(=O)c2c1F. The summed E-state index contributed by atoms with van der Waals surface area (Å²) in [5.74, 6) is -0.0430. The van der Waals surface area contributed by atoms with Crippen LogP contribution < -0.4 is 10.4 Å². The lowest BCUT2D eigenvalue weighted by Gasteiger charge is -2.08. The average molecular weight is 397 g/mol. The maximum absolute atomic E-state index is 14.7. The van der Waals surface area contributed by atoms with Gasteiger partial charge in [0.1, 0.15) is 11.1 Å². The van der Waals surface area contributed by atoms with Crippen molar-refractivity contribution in [2.45, 2.75) is 44.9 Å². The standard InChI is InChI=1S/C25H29FO3/c1-3-5-7-9-11-13-15-21-19-20-16-17-22(24(26)23(20)25(27)29-21)28-18-14-12-10-8-6-4-2/h3-4,9-12,16-17,19H,1-2,5-8,13-15,18H2/b11-9+,12-10+. The maximum Gasteiger partial charge on any atom is 0.346 e. The van der Waals surface area contributed by atoms with Crippen molar-refractivity contribution in [2.75, 3.05) is 6.61 Å². The zero-order chi connectivity index (χ0) is 20.9. The highest BCUT2D eigenvalue weighted by Gasteiger charge is 2.14. The van der Waals surface area contributed by atoms with Crippen LogP contribution in [-0.2, 0) is 6.42 Å². The Morgan fingerprint density at radius 3 is 2.28 bits per heavy atom. The van der Waals surface area contributed by atoms with Crippen molar-refractivity contribution in [1.82, 2.24) is 0 Å². The number of ether oxygens (including phenoxy) is 1. The van der Waals surface area contributed by atoms with E-state index in [-0.39, 0.29) is 11.1 Å². The lowest BCUT2D eigenvalue weighted by molar-refractivity contribution is 0.309. The van der Waals surface area contributed by atoms with E-state index in [1.54, 1.807) is 18.2 Å². The van der Waals surface area contributed by atoms with E-state index in [1.165, 1.54) is 0 Å². The number of hydrogen-bond acceptors (Lipinski definition) is 3. The molecule has 0 aliphatic rings. The maximum atomic E-state index is 14.7. The fourth-order valence-electron chi connectivity index (χ4n) is 2.87. The van der Waals surface area contributed by atoms with E-state index in [1.807, 2.05) is 24.3 Å². The topological polar surface area (TPSA) is 39.4 Å². The quantitative estimate of drug-likeness (QED) is 0.280. The number of rotatable bonds is 13. The molecular formula is C25H29FO3. The minimum absolute atomic E-state index is 0.0608. The molecule has 0 unspecified atom stereocenters. The normalized spacial score (nSPS) is 11.5.